The van der Waals surface area contributed by atoms with Gasteiger partial charge in [-0.1, -0.05) is 0 Å². The largest absolute Gasteiger partial charge is 0.418 e. The monoisotopic (exact) mass is 141 g/mol. The highest BCUT2D eigenvalue weighted by Gasteiger charge is 2.00. The van der Waals surface area contributed by atoms with E-state index in [1.54, 1.807) is 0 Å². The zero-order valence-electron chi connectivity index (χ0n) is 3.57. The minimum Gasteiger partial charge on any atom is -0.277 e. The van der Waals surface area contributed by atoms with Crippen LogP contribution in [0.15, 0.2) is 0 Å². The van der Waals surface area contributed by atoms with Crippen molar-refractivity contribution in [2.45, 2.75) is 0 Å². The zero-order chi connectivity index (χ0) is 6.62. The SMILES string of the molecule is O=CNOS(=O)(=O)O. The number of hydrogen-bond donors (Lipinski definition) is 2. The van der Waals surface area contributed by atoms with Crippen molar-refractivity contribution in [1.29, 1.82) is 0 Å². The summed E-state index contributed by atoms with van der Waals surface area (Å²) in [5.41, 5.74) is 1.27. The van der Waals surface area contributed by atoms with E-state index in [0.29, 0.717) is 0 Å². The maximum atomic E-state index is 9.50. The molecular formula is CH3NO5S. The summed E-state index contributed by atoms with van der Waals surface area (Å²) in [5.74, 6) is 0. The van der Waals surface area contributed by atoms with Crippen LogP contribution < -0.4 is 5.48 Å². The molecule has 0 saturated heterocycles. The Kier molecular flexibility index (Phi) is 2.38. The van der Waals surface area contributed by atoms with E-state index in [1.165, 1.54) is 5.48 Å². The molecule has 0 heterocycles. The molecule has 0 aliphatic heterocycles. The van der Waals surface area contributed by atoms with E-state index in [0.717, 1.165) is 0 Å². The van der Waals surface area contributed by atoms with Crippen LogP contribution in [0, 0.1) is 0 Å². The number of amides is 1. The molecule has 1 amide bonds. The lowest BCUT2D eigenvalue weighted by atomic mass is 11.5. The standard InChI is InChI=1S/CH3NO5S/c3-1-2-7-8(4,5)6/h1H,(H,2,3)(H,4,5,6). The van der Waals surface area contributed by atoms with E-state index >= 15 is 0 Å². The van der Waals surface area contributed by atoms with Crippen LogP contribution in [0.5, 0.6) is 0 Å². The summed E-state index contributed by atoms with van der Waals surface area (Å²) in [6.07, 6.45) is -0.0340. The first-order valence-electron chi connectivity index (χ1n) is 1.41. The van der Waals surface area contributed by atoms with E-state index in [9.17, 15) is 13.2 Å². The third-order valence-electron chi connectivity index (χ3n) is 0.202. The second-order valence-electron chi connectivity index (χ2n) is 0.747. The predicted octanol–water partition coefficient (Wildman–Crippen LogP) is -1.53. The van der Waals surface area contributed by atoms with Gasteiger partial charge in [0.05, 0.1) is 0 Å². The fraction of sp³-hybridized carbons (Fsp3) is 0. The number of rotatable bonds is 3. The third-order valence-corrected chi connectivity index (χ3v) is 0.508. The van der Waals surface area contributed by atoms with Gasteiger partial charge in [-0.25, -0.2) is 5.48 Å². The number of hydroxylamine groups is 1. The van der Waals surface area contributed by atoms with Crippen LogP contribution in [0.25, 0.3) is 0 Å². The van der Waals surface area contributed by atoms with E-state index in [-0.39, 0.29) is 6.41 Å². The van der Waals surface area contributed by atoms with Crippen LogP contribution in [0.3, 0.4) is 0 Å². The van der Waals surface area contributed by atoms with Crippen LogP contribution in [-0.2, 0) is 19.5 Å². The van der Waals surface area contributed by atoms with Gasteiger partial charge in [0.2, 0.25) is 6.41 Å². The van der Waals surface area contributed by atoms with E-state index in [4.69, 9.17) is 4.55 Å². The summed E-state index contributed by atoms with van der Waals surface area (Å²) in [6.45, 7) is 0. The molecule has 2 N–H and O–H groups in total. The first-order valence-corrected chi connectivity index (χ1v) is 2.78. The first-order chi connectivity index (χ1) is 3.56. The second-order valence-corrected chi connectivity index (χ2v) is 1.77. The Morgan fingerprint density at radius 3 is 2.25 bits per heavy atom. The molecule has 0 fully saturated rings. The van der Waals surface area contributed by atoms with Crippen LogP contribution in [0.2, 0.25) is 0 Å². The lowest BCUT2D eigenvalue weighted by molar-refractivity contribution is -0.115. The molecule has 0 unspecified atom stereocenters. The van der Waals surface area contributed by atoms with Crippen molar-refractivity contribution in [3.63, 3.8) is 0 Å². The summed E-state index contributed by atoms with van der Waals surface area (Å²) in [7, 11) is -4.53. The van der Waals surface area contributed by atoms with Gasteiger partial charge >= 0.3 is 10.4 Å². The van der Waals surface area contributed by atoms with Crippen molar-refractivity contribution >= 4 is 16.8 Å². The molecule has 7 heteroatoms. The Balaban J connectivity index is 3.57. The molecule has 0 rings (SSSR count). The Hall–Kier alpha value is -0.660. The highest BCUT2D eigenvalue weighted by atomic mass is 32.3. The summed E-state index contributed by atoms with van der Waals surface area (Å²) >= 11 is 0. The average Bonchev–Trinajstić information content (AvgIpc) is 1.59. The Bertz CT molecular complexity index is 157. The fourth-order valence-corrected chi connectivity index (χ4v) is 0.241. The Morgan fingerprint density at radius 1 is 1.62 bits per heavy atom. The highest BCUT2D eigenvalue weighted by Crippen LogP contribution is 1.75. The van der Waals surface area contributed by atoms with E-state index in [1.807, 2.05) is 0 Å². The van der Waals surface area contributed by atoms with Gasteiger partial charge in [-0.15, -0.1) is 4.28 Å². The summed E-state index contributed by atoms with van der Waals surface area (Å²) in [5, 5.41) is 0. The van der Waals surface area contributed by atoms with Crippen LogP contribution >= 0.6 is 0 Å². The van der Waals surface area contributed by atoms with Crippen molar-refractivity contribution in [3.8, 4) is 0 Å². The number of nitrogens with one attached hydrogen (secondary N) is 1. The van der Waals surface area contributed by atoms with Crippen molar-refractivity contribution in [1.82, 2.24) is 5.48 Å². The van der Waals surface area contributed by atoms with Gasteiger partial charge in [0.25, 0.3) is 0 Å². The third kappa shape index (κ3) is 5.34. The highest BCUT2D eigenvalue weighted by molar-refractivity contribution is 7.80. The number of carbonyl (C=O) groups is 1. The van der Waals surface area contributed by atoms with Crippen LogP contribution in [0.4, 0.5) is 0 Å². The normalized spacial score (nSPS) is 10.6. The molecule has 0 aliphatic carbocycles. The van der Waals surface area contributed by atoms with E-state index in [2.05, 4.69) is 4.28 Å². The lowest BCUT2D eigenvalue weighted by Gasteiger charge is -1.90. The minimum atomic E-state index is -4.53. The molecule has 6 nitrogen and oxygen atoms in total. The van der Waals surface area contributed by atoms with E-state index < -0.39 is 10.4 Å². The molecule has 8 heavy (non-hydrogen) atoms. The van der Waals surface area contributed by atoms with Gasteiger partial charge in [-0.05, 0) is 0 Å². The fourth-order valence-electron chi connectivity index (χ4n) is 0.0804. The molecule has 0 aromatic rings. The van der Waals surface area contributed by atoms with Gasteiger partial charge < -0.3 is 0 Å². The number of carbonyl (C=O) groups excluding carboxylic acids is 1. The van der Waals surface area contributed by atoms with Gasteiger partial charge in [0, 0.05) is 0 Å². The molecular weight excluding hydrogens is 138 g/mol. The summed E-state index contributed by atoms with van der Waals surface area (Å²) in [6, 6.07) is 0. The lowest BCUT2D eigenvalue weighted by Crippen LogP contribution is -2.17. The van der Waals surface area contributed by atoms with Crippen molar-refractivity contribution in [2.75, 3.05) is 0 Å². The predicted molar refractivity (Wildman–Crippen MR) is 21.8 cm³/mol. The Morgan fingerprint density at radius 2 is 2.12 bits per heavy atom. The quantitative estimate of drug-likeness (QED) is 0.282. The molecule has 0 aromatic heterocycles. The molecule has 48 valence electrons. The van der Waals surface area contributed by atoms with Crippen LogP contribution in [-0.4, -0.2) is 19.4 Å². The minimum absolute atomic E-state index is 0.0340. The second kappa shape index (κ2) is 2.60. The maximum Gasteiger partial charge on any atom is 0.418 e. The van der Waals surface area contributed by atoms with Crippen molar-refractivity contribution < 1.29 is 22.0 Å². The molecule has 0 aliphatic rings. The van der Waals surface area contributed by atoms with Gasteiger partial charge in [0.15, 0.2) is 0 Å². The van der Waals surface area contributed by atoms with Crippen molar-refractivity contribution in [3.05, 3.63) is 0 Å². The first kappa shape index (κ1) is 7.34. The molecule has 0 saturated carbocycles. The summed E-state index contributed by atoms with van der Waals surface area (Å²) < 4.78 is 30.0. The maximum absolute atomic E-state index is 9.50. The smallest absolute Gasteiger partial charge is 0.277 e. The van der Waals surface area contributed by atoms with Gasteiger partial charge in [-0.3, -0.25) is 9.35 Å². The summed E-state index contributed by atoms with van der Waals surface area (Å²) in [4.78, 5) is 9.24. The molecule has 0 aromatic carbocycles. The Labute approximate surface area is 45.4 Å². The van der Waals surface area contributed by atoms with Gasteiger partial charge in [0.1, 0.15) is 0 Å². The van der Waals surface area contributed by atoms with Crippen LogP contribution in [0.1, 0.15) is 0 Å². The topological polar surface area (TPSA) is 92.7 Å². The molecule has 0 radical (unpaired) electrons. The van der Waals surface area contributed by atoms with Gasteiger partial charge in [-0.2, -0.15) is 8.42 Å². The average molecular weight is 141 g/mol. The number of hydrogen-bond acceptors (Lipinski definition) is 4. The molecule has 0 atom stereocenters. The van der Waals surface area contributed by atoms with Crippen molar-refractivity contribution in [2.24, 2.45) is 0 Å². The zero-order valence-corrected chi connectivity index (χ0v) is 4.38. The molecule has 0 spiro atoms. The molecule has 0 bridgehead atoms.